The molecule has 0 spiro atoms. The van der Waals surface area contributed by atoms with Gasteiger partial charge in [-0.2, -0.15) is 5.26 Å². The number of carboxylic acid groups (broad SMARTS) is 2. The van der Waals surface area contributed by atoms with Crippen molar-refractivity contribution in [3.8, 4) is 39.8 Å². The number of carbonyl (C=O) groups is 2. The molecule has 6 aromatic rings. The number of halogens is 1. The molecule has 0 bridgehead atoms. The van der Waals surface area contributed by atoms with E-state index in [1.165, 1.54) is 6.20 Å². The van der Waals surface area contributed by atoms with Gasteiger partial charge in [0.05, 0.1) is 35.6 Å². The summed E-state index contributed by atoms with van der Waals surface area (Å²) in [4.78, 5) is 26.1. The molecule has 2 unspecified atom stereocenters. The maximum absolute atomic E-state index is 11.0. The number of aromatic nitrogens is 1. The number of hydrogen-bond acceptors (Lipinski definition) is 10. The van der Waals surface area contributed by atoms with Gasteiger partial charge in [0.25, 0.3) is 0 Å². The Labute approximate surface area is 359 Å². The number of aliphatic carboxylic acids is 2. The lowest BCUT2D eigenvalue weighted by atomic mass is 9.89. The first-order valence-corrected chi connectivity index (χ1v) is 20.1. The van der Waals surface area contributed by atoms with E-state index in [2.05, 4.69) is 84.1 Å². The molecule has 6 rings (SSSR count). The van der Waals surface area contributed by atoms with Crippen LogP contribution in [-0.4, -0.2) is 62.6 Å². The third kappa shape index (κ3) is 11.7. The number of nitrogens with zero attached hydrogens (tertiary/aromatic N) is 2. The van der Waals surface area contributed by atoms with Crippen molar-refractivity contribution in [1.29, 1.82) is 5.26 Å². The van der Waals surface area contributed by atoms with Crippen LogP contribution in [-0.2, 0) is 35.9 Å². The predicted molar refractivity (Wildman–Crippen MR) is 233 cm³/mol. The highest BCUT2D eigenvalue weighted by Gasteiger charge is 2.17. The van der Waals surface area contributed by atoms with Crippen LogP contribution in [0.25, 0.3) is 33.0 Å². The topological polar surface area (TPSA) is 194 Å². The average Bonchev–Trinajstić information content (AvgIpc) is 3.23. The predicted octanol–water partition coefficient (Wildman–Crippen LogP) is 7.72. The Balaban J connectivity index is 1.20. The van der Waals surface area contributed by atoms with Gasteiger partial charge in [-0.15, -0.1) is 0 Å². The third-order valence-corrected chi connectivity index (χ3v) is 10.7. The lowest BCUT2D eigenvalue weighted by molar-refractivity contribution is -0.140. The van der Waals surface area contributed by atoms with Crippen LogP contribution in [0.1, 0.15) is 51.8 Å². The van der Waals surface area contributed by atoms with Gasteiger partial charge in [0, 0.05) is 55.8 Å². The first-order valence-electron chi connectivity index (χ1n) is 19.7. The number of ether oxygens (including phenoxy) is 2. The Morgan fingerprint density at radius 1 is 0.721 bits per heavy atom. The summed E-state index contributed by atoms with van der Waals surface area (Å²) in [5.74, 6) is -1.29. The zero-order chi connectivity index (χ0) is 43.5. The number of aliphatic hydroxyl groups excluding tert-OH is 2. The van der Waals surface area contributed by atoms with Crippen molar-refractivity contribution in [2.75, 3.05) is 13.1 Å². The minimum Gasteiger partial charge on any atom is -0.488 e. The van der Waals surface area contributed by atoms with E-state index in [1.807, 2.05) is 24.3 Å². The molecule has 0 saturated carbocycles. The molecule has 61 heavy (non-hydrogen) atoms. The maximum atomic E-state index is 11.0. The molecule has 0 amide bonds. The first kappa shape index (κ1) is 44.2. The van der Waals surface area contributed by atoms with Crippen LogP contribution in [0.4, 0.5) is 0 Å². The molecule has 0 aliphatic carbocycles. The third-order valence-electron chi connectivity index (χ3n) is 10.4. The lowest BCUT2D eigenvalue weighted by Gasteiger charge is -2.19. The van der Waals surface area contributed by atoms with Gasteiger partial charge in [0.2, 0.25) is 0 Å². The molecule has 13 heteroatoms. The number of nitriles is 1. The standard InChI is InChI=1S/C48H47ClN4O8/c1-29-36(28-61-46-19-45(60-27-32-14-31(20-50)21-51-22-32)37(16-44(46)49)24-53-26-39(55)18-48(58)59)8-4-10-41(29)42-11-5-9-40(30(42)2)34-12-13-43-33(15-34)6-3-7-35(43)23-52-25-38(54)17-47(56)57/h3-16,19,21-22,38-39,52-55H,17-18,23-28H2,1-2H3,(H,56,57)(H,58,59). The second kappa shape index (κ2) is 20.8. The molecule has 0 aliphatic heterocycles. The van der Waals surface area contributed by atoms with Crippen LogP contribution in [0.2, 0.25) is 5.02 Å². The summed E-state index contributed by atoms with van der Waals surface area (Å²) < 4.78 is 12.6. The Kier molecular flexibility index (Phi) is 15.1. The van der Waals surface area contributed by atoms with Crippen molar-refractivity contribution in [2.24, 2.45) is 0 Å². The summed E-state index contributed by atoms with van der Waals surface area (Å²) in [6, 6.07) is 32.1. The molecule has 0 saturated heterocycles. The summed E-state index contributed by atoms with van der Waals surface area (Å²) in [6.07, 6.45) is 0.348. The number of nitrogens with one attached hydrogen (secondary N) is 2. The zero-order valence-corrected chi connectivity index (χ0v) is 34.6. The van der Waals surface area contributed by atoms with Crippen molar-refractivity contribution in [3.05, 3.63) is 147 Å². The zero-order valence-electron chi connectivity index (χ0n) is 33.8. The molecular formula is C48H47ClN4O8. The van der Waals surface area contributed by atoms with E-state index in [-0.39, 0.29) is 39.3 Å². The number of carboxylic acids is 2. The largest absolute Gasteiger partial charge is 0.488 e. The quantitative estimate of drug-likeness (QED) is 0.0439. The number of aliphatic hydroxyl groups is 2. The Morgan fingerprint density at radius 2 is 1.34 bits per heavy atom. The smallest absolute Gasteiger partial charge is 0.306 e. The molecular weight excluding hydrogens is 796 g/mol. The maximum Gasteiger partial charge on any atom is 0.306 e. The molecule has 12 nitrogen and oxygen atoms in total. The molecule has 0 radical (unpaired) electrons. The van der Waals surface area contributed by atoms with Gasteiger partial charge in [-0.05, 0) is 87.3 Å². The minimum absolute atomic E-state index is 0.0434. The van der Waals surface area contributed by atoms with Gasteiger partial charge in [-0.3, -0.25) is 14.6 Å². The Hall–Kier alpha value is -6.33. The Bertz CT molecular complexity index is 2580. The van der Waals surface area contributed by atoms with E-state index < -0.39 is 30.6 Å². The number of benzene rings is 5. The molecule has 314 valence electrons. The monoisotopic (exact) mass is 842 g/mol. The van der Waals surface area contributed by atoms with Crippen LogP contribution >= 0.6 is 11.6 Å². The van der Waals surface area contributed by atoms with Gasteiger partial charge < -0.3 is 40.5 Å². The second-order valence-corrected chi connectivity index (χ2v) is 15.3. The van der Waals surface area contributed by atoms with Crippen LogP contribution in [0.5, 0.6) is 11.5 Å². The first-order chi connectivity index (χ1) is 29.4. The van der Waals surface area contributed by atoms with Crippen molar-refractivity contribution < 1.29 is 39.5 Å². The van der Waals surface area contributed by atoms with E-state index in [4.69, 9.17) is 31.3 Å². The van der Waals surface area contributed by atoms with Gasteiger partial charge in [-0.25, -0.2) is 0 Å². The lowest BCUT2D eigenvalue weighted by Crippen LogP contribution is -2.28. The highest BCUT2D eigenvalue weighted by Crippen LogP contribution is 2.37. The normalized spacial score (nSPS) is 12.1. The molecule has 5 aromatic carbocycles. The molecule has 1 aromatic heterocycles. The number of pyridine rings is 1. The van der Waals surface area contributed by atoms with Gasteiger partial charge in [0.15, 0.2) is 0 Å². The number of rotatable bonds is 20. The second-order valence-electron chi connectivity index (χ2n) is 14.8. The molecule has 6 N–H and O–H groups in total. The molecule has 1 heterocycles. The van der Waals surface area contributed by atoms with Crippen molar-refractivity contribution in [3.63, 3.8) is 0 Å². The molecule has 0 aliphatic rings. The number of hydrogen-bond donors (Lipinski definition) is 6. The van der Waals surface area contributed by atoms with Crippen LogP contribution < -0.4 is 20.1 Å². The van der Waals surface area contributed by atoms with E-state index in [0.717, 1.165) is 55.3 Å². The van der Waals surface area contributed by atoms with E-state index in [1.54, 1.807) is 24.4 Å². The van der Waals surface area contributed by atoms with Crippen molar-refractivity contribution >= 4 is 34.3 Å². The molecule has 2 atom stereocenters. The summed E-state index contributed by atoms with van der Waals surface area (Å²) in [5, 5.41) is 56.0. The van der Waals surface area contributed by atoms with Gasteiger partial charge in [0.1, 0.15) is 30.8 Å². The van der Waals surface area contributed by atoms with E-state index in [0.29, 0.717) is 39.8 Å². The van der Waals surface area contributed by atoms with Crippen LogP contribution in [0.15, 0.2) is 103 Å². The van der Waals surface area contributed by atoms with Gasteiger partial charge >= 0.3 is 11.9 Å². The van der Waals surface area contributed by atoms with Crippen LogP contribution in [0.3, 0.4) is 0 Å². The fourth-order valence-electron chi connectivity index (χ4n) is 7.24. The number of fused-ring (bicyclic) bond motifs is 1. The van der Waals surface area contributed by atoms with Crippen molar-refractivity contribution in [1.82, 2.24) is 15.6 Å². The SMILES string of the molecule is Cc1c(COc2cc(OCc3cncc(C#N)c3)c(CNCC(O)CC(=O)O)cc2Cl)cccc1-c1cccc(-c2ccc3c(CNCC(O)CC(=O)O)cccc3c2)c1C. The minimum atomic E-state index is -1.10. The fraction of sp³-hybridized carbons (Fsp3) is 0.250. The van der Waals surface area contributed by atoms with E-state index in [9.17, 15) is 25.1 Å². The Morgan fingerprint density at radius 3 is 2.05 bits per heavy atom. The van der Waals surface area contributed by atoms with Gasteiger partial charge in [-0.1, -0.05) is 78.3 Å². The van der Waals surface area contributed by atoms with Crippen LogP contribution in [0, 0.1) is 25.2 Å². The highest BCUT2D eigenvalue weighted by atomic mass is 35.5. The van der Waals surface area contributed by atoms with E-state index >= 15 is 0 Å². The fourth-order valence-corrected chi connectivity index (χ4v) is 7.48. The molecule has 0 fully saturated rings. The average molecular weight is 843 g/mol. The summed E-state index contributed by atoms with van der Waals surface area (Å²) >= 11 is 6.78. The summed E-state index contributed by atoms with van der Waals surface area (Å²) in [5.41, 5.74) is 10.2. The summed E-state index contributed by atoms with van der Waals surface area (Å²) in [6.45, 7) is 5.46. The van der Waals surface area contributed by atoms with Crippen molar-refractivity contribution in [2.45, 2.75) is 65.2 Å². The summed E-state index contributed by atoms with van der Waals surface area (Å²) in [7, 11) is 0. The highest BCUT2D eigenvalue weighted by molar-refractivity contribution is 6.32.